The standard InChI is InChI=1S/C16H17FNO3/c1-5-10(3)14(16(20)21)18(4)15(19)12-8-7-11(6-2)13(17)9-12/h7-10,14H,5H2,1,3-4H3,(H,20,21). The summed E-state index contributed by atoms with van der Waals surface area (Å²) in [7, 11) is 1.39. The van der Waals surface area contributed by atoms with Crippen LogP contribution in [-0.2, 0) is 4.79 Å². The lowest BCUT2D eigenvalue weighted by Crippen LogP contribution is -2.46. The maximum Gasteiger partial charge on any atom is 0.326 e. The Morgan fingerprint density at radius 3 is 2.52 bits per heavy atom. The molecule has 5 heteroatoms. The smallest absolute Gasteiger partial charge is 0.326 e. The Balaban J connectivity index is 3.09. The molecule has 1 amide bonds. The summed E-state index contributed by atoms with van der Waals surface area (Å²) in [6, 6.07) is 2.64. The number of likely N-dealkylation sites (N-methyl/N-ethyl adjacent to an activating group) is 1. The second-order valence-electron chi connectivity index (χ2n) is 4.90. The number of rotatable bonds is 5. The molecule has 0 aliphatic heterocycles. The Labute approximate surface area is 123 Å². The van der Waals surface area contributed by atoms with Crippen LogP contribution in [0.4, 0.5) is 4.39 Å². The number of halogens is 1. The number of amides is 1. The molecular formula is C16H17FNO3. The zero-order valence-electron chi connectivity index (χ0n) is 12.2. The summed E-state index contributed by atoms with van der Waals surface area (Å²) < 4.78 is 13.6. The summed E-state index contributed by atoms with van der Waals surface area (Å²) in [5.74, 6) is -0.712. The van der Waals surface area contributed by atoms with E-state index in [1.54, 1.807) is 6.92 Å². The molecule has 1 aromatic carbocycles. The van der Waals surface area contributed by atoms with Gasteiger partial charge in [0.15, 0.2) is 0 Å². The van der Waals surface area contributed by atoms with E-state index < -0.39 is 23.7 Å². The van der Waals surface area contributed by atoms with Crippen molar-refractivity contribution in [1.82, 2.24) is 4.90 Å². The van der Waals surface area contributed by atoms with E-state index in [0.717, 1.165) is 11.0 Å². The fraction of sp³-hybridized carbons (Fsp3) is 0.375. The molecule has 1 N–H and O–H groups in total. The van der Waals surface area contributed by atoms with Gasteiger partial charge in [-0.2, -0.15) is 0 Å². The number of hydrogen-bond donors (Lipinski definition) is 1. The maximum atomic E-state index is 13.6. The summed E-state index contributed by atoms with van der Waals surface area (Å²) in [4.78, 5) is 24.7. The molecule has 0 aromatic heterocycles. The summed E-state index contributed by atoms with van der Waals surface area (Å²) in [6.45, 7) is 3.59. The molecule has 2 unspecified atom stereocenters. The third-order valence-corrected chi connectivity index (χ3v) is 3.52. The maximum absolute atomic E-state index is 13.6. The zero-order valence-corrected chi connectivity index (χ0v) is 12.2. The van der Waals surface area contributed by atoms with E-state index in [4.69, 9.17) is 6.42 Å². The van der Waals surface area contributed by atoms with Gasteiger partial charge in [-0.25, -0.2) is 9.18 Å². The number of nitrogens with zero attached hydrogens (tertiary/aromatic N) is 1. The number of carbonyl (C=O) groups is 2. The fourth-order valence-corrected chi connectivity index (χ4v) is 2.09. The van der Waals surface area contributed by atoms with Gasteiger partial charge < -0.3 is 10.0 Å². The highest BCUT2D eigenvalue weighted by Gasteiger charge is 2.31. The van der Waals surface area contributed by atoms with Crippen molar-refractivity contribution in [3.8, 4) is 5.92 Å². The Morgan fingerprint density at radius 1 is 1.48 bits per heavy atom. The topological polar surface area (TPSA) is 57.6 Å². The number of benzene rings is 1. The second kappa shape index (κ2) is 6.89. The number of carboxylic acids is 1. The monoisotopic (exact) mass is 290 g/mol. The van der Waals surface area contributed by atoms with Gasteiger partial charge in [0.25, 0.3) is 5.91 Å². The van der Waals surface area contributed by atoms with E-state index in [-0.39, 0.29) is 17.0 Å². The van der Waals surface area contributed by atoms with Crippen LogP contribution in [0, 0.1) is 24.1 Å². The summed E-state index contributed by atoms with van der Waals surface area (Å²) in [5, 5.41) is 9.27. The van der Waals surface area contributed by atoms with Crippen LogP contribution >= 0.6 is 0 Å². The first kappa shape index (κ1) is 16.7. The Hall–Kier alpha value is -2.35. The quantitative estimate of drug-likeness (QED) is 0.847. The average Bonchev–Trinajstić information content (AvgIpc) is 2.45. The molecule has 1 radical (unpaired) electrons. The zero-order chi connectivity index (χ0) is 16.2. The van der Waals surface area contributed by atoms with Crippen LogP contribution in [0.2, 0.25) is 0 Å². The van der Waals surface area contributed by atoms with Crippen molar-refractivity contribution in [1.29, 1.82) is 0 Å². The third-order valence-electron chi connectivity index (χ3n) is 3.52. The number of aliphatic carboxylic acids is 1. The molecule has 0 spiro atoms. The molecule has 0 heterocycles. The van der Waals surface area contributed by atoms with Gasteiger partial charge >= 0.3 is 5.97 Å². The van der Waals surface area contributed by atoms with Crippen molar-refractivity contribution >= 4 is 11.9 Å². The first-order chi connectivity index (χ1) is 9.83. The summed E-state index contributed by atoms with van der Waals surface area (Å²) in [5.41, 5.74) is -0.00512. The molecule has 1 rings (SSSR count). The van der Waals surface area contributed by atoms with Gasteiger partial charge in [0.2, 0.25) is 0 Å². The molecule has 0 aliphatic carbocycles. The van der Waals surface area contributed by atoms with Crippen molar-refractivity contribution in [2.45, 2.75) is 26.3 Å². The number of hydrogen-bond acceptors (Lipinski definition) is 2. The van der Waals surface area contributed by atoms with Crippen LogP contribution < -0.4 is 0 Å². The third kappa shape index (κ3) is 3.60. The van der Waals surface area contributed by atoms with Gasteiger partial charge in [-0.15, -0.1) is 0 Å². The number of carboxylic acid groups (broad SMARTS) is 1. The minimum absolute atomic E-state index is 0.0450. The second-order valence-corrected chi connectivity index (χ2v) is 4.90. The van der Waals surface area contributed by atoms with Gasteiger partial charge in [0, 0.05) is 12.6 Å². The molecule has 1 aromatic rings. The molecule has 0 aliphatic rings. The normalized spacial score (nSPS) is 13.1. The van der Waals surface area contributed by atoms with E-state index in [0.29, 0.717) is 6.42 Å². The molecule has 0 bridgehead atoms. The van der Waals surface area contributed by atoms with Crippen LogP contribution in [0.1, 0.15) is 36.2 Å². The van der Waals surface area contributed by atoms with Gasteiger partial charge in [-0.05, 0) is 36.5 Å². The Morgan fingerprint density at radius 2 is 2.10 bits per heavy atom. The molecular weight excluding hydrogens is 273 g/mol. The molecule has 0 saturated carbocycles. The first-order valence-electron chi connectivity index (χ1n) is 6.55. The van der Waals surface area contributed by atoms with Gasteiger partial charge in [0.05, 0.1) is 5.56 Å². The Kier molecular flexibility index (Phi) is 5.48. The van der Waals surface area contributed by atoms with Crippen LogP contribution in [0.5, 0.6) is 0 Å². The molecule has 0 fully saturated rings. The van der Waals surface area contributed by atoms with Crippen LogP contribution in [0.15, 0.2) is 18.2 Å². The van der Waals surface area contributed by atoms with Crippen molar-refractivity contribution in [3.63, 3.8) is 0 Å². The predicted octanol–water partition coefficient (Wildman–Crippen LogP) is 2.33. The van der Waals surface area contributed by atoms with Gasteiger partial charge in [-0.1, -0.05) is 20.3 Å². The van der Waals surface area contributed by atoms with Crippen molar-refractivity contribution < 1.29 is 19.1 Å². The van der Waals surface area contributed by atoms with Gasteiger partial charge in [0.1, 0.15) is 11.9 Å². The lowest BCUT2D eigenvalue weighted by Gasteiger charge is -2.29. The molecule has 111 valence electrons. The SMILES string of the molecule is [C]#Cc1ccc(C(=O)N(C)C(C(=O)O)C(C)CC)cc1F. The first-order valence-corrected chi connectivity index (χ1v) is 6.55. The van der Waals surface area contributed by atoms with Crippen LogP contribution in [0.25, 0.3) is 0 Å². The van der Waals surface area contributed by atoms with Crippen LogP contribution in [0.3, 0.4) is 0 Å². The number of carbonyl (C=O) groups excluding carboxylic acids is 1. The van der Waals surface area contributed by atoms with Crippen LogP contribution in [-0.4, -0.2) is 35.0 Å². The van der Waals surface area contributed by atoms with E-state index in [1.165, 1.54) is 19.2 Å². The molecule has 4 nitrogen and oxygen atoms in total. The highest BCUT2D eigenvalue weighted by molar-refractivity contribution is 5.96. The summed E-state index contributed by atoms with van der Waals surface area (Å²) >= 11 is 0. The van der Waals surface area contributed by atoms with Gasteiger partial charge in [-0.3, -0.25) is 4.79 Å². The minimum Gasteiger partial charge on any atom is -0.480 e. The van der Waals surface area contributed by atoms with E-state index in [9.17, 15) is 19.1 Å². The van der Waals surface area contributed by atoms with Crippen molar-refractivity contribution in [2.24, 2.45) is 5.92 Å². The lowest BCUT2D eigenvalue weighted by molar-refractivity contribution is -0.143. The molecule has 2 atom stereocenters. The van der Waals surface area contributed by atoms with E-state index in [1.807, 2.05) is 12.8 Å². The average molecular weight is 290 g/mol. The van der Waals surface area contributed by atoms with Crippen molar-refractivity contribution in [2.75, 3.05) is 7.05 Å². The lowest BCUT2D eigenvalue weighted by atomic mass is 9.97. The highest BCUT2D eigenvalue weighted by atomic mass is 19.1. The molecule has 21 heavy (non-hydrogen) atoms. The van der Waals surface area contributed by atoms with E-state index >= 15 is 0 Å². The fourth-order valence-electron chi connectivity index (χ4n) is 2.09. The minimum atomic E-state index is -1.09. The Bertz CT molecular complexity index is 592. The van der Waals surface area contributed by atoms with Crippen molar-refractivity contribution in [3.05, 3.63) is 41.6 Å². The highest BCUT2D eigenvalue weighted by Crippen LogP contribution is 2.18. The molecule has 0 saturated heterocycles. The van der Waals surface area contributed by atoms with E-state index in [2.05, 4.69) is 0 Å². The predicted molar refractivity (Wildman–Crippen MR) is 75.6 cm³/mol. The summed E-state index contributed by atoms with van der Waals surface area (Å²) in [6.07, 6.45) is 7.49. The largest absolute Gasteiger partial charge is 0.480 e.